The number of ether oxygens (including phenoxy) is 1. The van der Waals surface area contributed by atoms with Gasteiger partial charge in [-0.05, 0) is 24.8 Å². The Bertz CT molecular complexity index is 999. The molecule has 1 aliphatic heterocycles. The van der Waals surface area contributed by atoms with Gasteiger partial charge in [0.1, 0.15) is 11.7 Å². The quantitative estimate of drug-likeness (QED) is 0.695. The average molecular weight is 379 g/mol. The van der Waals surface area contributed by atoms with Crippen LogP contribution in [0.25, 0.3) is 22.3 Å². The predicted octanol–water partition coefficient (Wildman–Crippen LogP) is 3.38. The van der Waals surface area contributed by atoms with Crippen molar-refractivity contribution in [3.63, 3.8) is 0 Å². The Hall–Kier alpha value is -2.80. The van der Waals surface area contributed by atoms with Crippen molar-refractivity contribution in [1.82, 2.24) is 24.6 Å². The lowest BCUT2D eigenvalue weighted by molar-refractivity contribution is -0.138. The molecule has 0 saturated carbocycles. The van der Waals surface area contributed by atoms with Gasteiger partial charge in [-0.25, -0.2) is 9.67 Å². The van der Waals surface area contributed by atoms with Crippen LogP contribution in [0.5, 0.6) is 0 Å². The first-order chi connectivity index (χ1) is 13.6. The molecular formula is C21H25N5O2. The third kappa shape index (κ3) is 3.38. The highest BCUT2D eigenvalue weighted by molar-refractivity contribution is 5.84. The summed E-state index contributed by atoms with van der Waals surface area (Å²) in [6.07, 6.45) is 2.76. The molecule has 0 spiro atoms. The standard InChI is InChI=1S/C21H25N5O2/c1-4-14(2)26-21(19-13-28-10-9-25(19)15(3)27)23-20(24-26)18-11-16-7-5-6-8-17(16)12-22-18/h5-8,11-12,14,19H,4,9-10,13H2,1-3H3. The Balaban J connectivity index is 1.79. The minimum atomic E-state index is -0.234. The molecule has 0 aliphatic carbocycles. The summed E-state index contributed by atoms with van der Waals surface area (Å²) in [5.74, 6) is 1.36. The van der Waals surface area contributed by atoms with Crippen molar-refractivity contribution in [1.29, 1.82) is 0 Å². The number of morpholine rings is 1. The summed E-state index contributed by atoms with van der Waals surface area (Å²) in [5.41, 5.74) is 0.730. The molecule has 1 aliphatic rings. The van der Waals surface area contributed by atoms with E-state index < -0.39 is 0 Å². The molecule has 1 saturated heterocycles. The number of rotatable bonds is 4. The lowest BCUT2D eigenvalue weighted by Crippen LogP contribution is -2.43. The zero-order valence-electron chi connectivity index (χ0n) is 16.5. The fraction of sp³-hybridized carbons (Fsp3) is 0.429. The second kappa shape index (κ2) is 7.67. The van der Waals surface area contributed by atoms with Crippen molar-refractivity contribution in [2.45, 2.75) is 39.3 Å². The maximum atomic E-state index is 12.2. The molecule has 0 bridgehead atoms. The second-order valence-corrected chi connectivity index (χ2v) is 7.22. The van der Waals surface area contributed by atoms with E-state index in [-0.39, 0.29) is 18.0 Å². The van der Waals surface area contributed by atoms with E-state index in [0.29, 0.717) is 25.6 Å². The highest BCUT2D eigenvalue weighted by atomic mass is 16.5. The number of hydrogen-bond acceptors (Lipinski definition) is 5. The van der Waals surface area contributed by atoms with Gasteiger partial charge in [0.25, 0.3) is 0 Å². The van der Waals surface area contributed by atoms with Crippen LogP contribution in [0.15, 0.2) is 36.5 Å². The maximum Gasteiger partial charge on any atom is 0.220 e. The molecule has 146 valence electrons. The van der Waals surface area contributed by atoms with Crippen molar-refractivity contribution in [2.75, 3.05) is 19.8 Å². The minimum Gasteiger partial charge on any atom is -0.377 e. The molecule has 2 aromatic heterocycles. The summed E-state index contributed by atoms with van der Waals surface area (Å²) in [4.78, 5) is 23.4. The molecule has 0 N–H and O–H groups in total. The van der Waals surface area contributed by atoms with Crippen LogP contribution in [0.3, 0.4) is 0 Å². The molecule has 2 unspecified atom stereocenters. The van der Waals surface area contributed by atoms with Crippen molar-refractivity contribution in [2.24, 2.45) is 0 Å². The number of amides is 1. The topological polar surface area (TPSA) is 73.1 Å². The molecule has 3 heterocycles. The van der Waals surface area contributed by atoms with E-state index in [0.717, 1.165) is 28.7 Å². The van der Waals surface area contributed by atoms with Crippen LogP contribution < -0.4 is 0 Å². The Morgan fingerprint density at radius 2 is 2.11 bits per heavy atom. The third-order valence-electron chi connectivity index (χ3n) is 5.36. The first-order valence-electron chi connectivity index (χ1n) is 9.75. The number of aromatic nitrogens is 4. The van der Waals surface area contributed by atoms with E-state index in [1.807, 2.05) is 40.0 Å². The van der Waals surface area contributed by atoms with Gasteiger partial charge in [0.2, 0.25) is 5.91 Å². The molecule has 1 fully saturated rings. The smallest absolute Gasteiger partial charge is 0.220 e. The van der Waals surface area contributed by atoms with Crippen LogP contribution in [-0.2, 0) is 9.53 Å². The maximum absolute atomic E-state index is 12.2. The normalized spacial score (nSPS) is 18.4. The van der Waals surface area contributed by atoms with Crippen molar-refractivity contribution >= 4 is 16.7 Å². The van der Waals surface area contributed by atoms with E-state index in [1.54, 1.807) is 6.92 Å². The summed E-state index contributed by atoms with van der Waals surface area (Å²) < 4.78 is 7.60. The summed E-state index contributed by atoms with van der Waals surface area (Å²) in [5, 5.41) is 6.95. The van der Waals surface area contributed by atoms with Gasteiger partial charge in [-0.1, -0.05) is 31.2 Å². The zero-order chi connectivity index (χ0) is 19.7. The molecule has 1 amide bonds. The summed E-state index contributed by atoms with van der Waals surface area (Å²) in [6, 6.07) is 10.0. The predicted molar refractivity (Wildman–Crippen MR) is 107 cm³/mol. The highest BCUT2D eigenvalue weighted by Gasteiger charge is 2.32. The van der Waals surface area contributed by atoms with E-state index in [1.165, 1.54) is 0 Å². The fourth-order valence-electron chi connectivity index (χ4n) is 3.57. The van der Waals surface area contributed by atoms with E-state index >= 15 is 0 Å². The Kier molecular flexibility index (Phi) is 5.09. The Labute approximate surface area is 164 Å². The van der Waals surface area contributed by atoms with Crippen LogP contribution in [0.4, 0.5) is 0 Å². The lowest BCUT2D eigenvalue weighted by atomic mass is 10.1. The monoisotopic (exact) mass is 379 g/mol. The summed E-state index contributed by atoms with van der Waals surface area (Å²) >= 11 is 0. The molecule has 7 nitrogen and oxygen atoms in total. The molecule has 1 aromatic carbocycles. The molecule has 0 radical (unpaired) electrons. The van der Waals surface area contributed by atoms with Gasteiger partial charge < -0.3 is 9.64 Å². The van der Waals surface area contributed by atoms with Crippen molar-refractivity contribution in [3.05, 3.63) is 42.4 Å². The number of pyridine rings is 1. The van der Waals surface area contributed by atoms with Gasteiger partial charge in [-0.3, -0.25) is 9.78 Å². The first-order valence-corrected chi connectivity index (χ1v) is 9.75. The van der Waals surface area contributed by atoms with Gasteiger partial charge in [0.15, 0.2) is 11.6 Å². The number of hydrogen-bond donors (Lipinski definition) is 0. The van der Waals surface area contributed by atoms with Gasteiger partial charge in [-0.15, -0.1) is 5.10 Å². The van der Waals surface area contributed by atoms with Crippen LogP contribution in [-0.4, -0.2) is 50.3 Å². The third-order valence-corrected chi connectivity index (χ3v) is 5.36. The molecule has 3 aromatic rings. The second-order valence-electron chi connectivity index (χ2n) is 7.22. The van der Waals surface area contributed by atoms with Crippen LogP contribution in [0.2, 0.25) is 0 Å². The molecule has 7 heteroatoms. The Morgan fingerprint density at radius 3 is 2.86 bits per heavy atom. The van der Waals surface area contributed by atoms with Gasteiger partial charge in [0, 0.05) is 25.1 Å². The number of carbonyl (C=O) groups is 1. The van der Waals surface area contributed by atoms with Crippen LogP contribution in [0.1, 0.15) is 45.1 Å². The molecular weight excluding hydrogens is 354 g/mol. The zero-order valence-corrected chi connectivity index (χ0v) is 16.5. The molecule has 28 heavy (non-hydrogen) atoms. The van der Waals surface area contributed by atoms with Crippen LogP contribution >= 0.6 is 0 Å². The van der Waals surface area contributed by atoms with E-state index in [4.69, 9.17) is 14.8 Å². The van der Waals surface area contributed by atoms with Crippen molar-refractivity contribution in [3.8, 4) is 11.5 Å². The van der Waals surface area contributed by atoms with E-state index in [2.05, 4.69) is 24.9 Å². The number of nitrogens with zero attached hydrogens (tertiary/aromatic N) is 5. The van der Waals surface area contributed by atoms with Crippen molar-refractivity contribution < 1.29 is 9.53 Å². The number of carbonyl (C=O) groups excluding carboxylic acids is 1. The number of fused-ring (bicyclic) bond motifs is 1. The Morgan fingerprint density at radius 1 is 1.32 bits per heavy atom. The molecule has 2 atom stereocenters. The largest absolute Gasteiger partial charge is 0.377 e. The van der Waals surface area contributed by atoms with Gasteiger partial charge in [0.05, 0.1) is 19.3 Å². The minimum absolute atomic E-state index is 0.0254. The average Bonchev–Trinajstić information content (AvgIpc) is 3.18. The highest BCUT2D eigenvalue weighted by Crippen LogP contribution is 2.28. The fourth-order valence-corrected chi connectivity index (χ4v) is 3.57. The van der Waals surface area contributed by atoms with E-state index in [9.17, 15) is 4.79 Å². The van der Waals surface area contributed by atoms with Gasteiger partial charge in [-0.2, -0.15) is 0 Å². The number of benzene rings is 1. The first kappa shape index (κ1) is 18.6. The summed E-state index contributed by atoms with van der Waals surface area (Å²) in [7, 11) is 0. The van der Waals surface area contributed by atoms with Gasteiger partial charge >= 0.3 is 0 Å². The molecule has 4 rings (SSSR count). The summed E-state index contributed by atoms with van der Waals surface area (Å²) in [6.45, 7) is 7.36. The van der Waals surface area contributed by atoms with Crippen LogP contribution in [0, 0.1) is 0 Å². The lowest BCUT2D eigenvalue weighted by Gasteiger charge is -2.34. The SMILES string of the molecule is CCC(C)n1nc(-c2cc3ccccc3cn2)nc1C1COCCN1C(C)=O.